The zero-order valence-electron chi connectivity index (χ0n) is 10.6. The molecule has 0 unspecified atom stereocenters. The van der Waals surface area contributed by atoms with Crippen LogP contribution in [0.3, 0.4) is 0 Å². The predicted molar refractivity (Wildman–Crippen MR) is 75.7 cm³/mol. The van der Waals surface area contributed by atoms with E-state index < -0.39 is 0 Å². The molecule has 0 bridgehead atoms. The second-order valence-electron chi connectivity index (χ2n) is 3.72. The van der Waals surface area contributed by atoms with E-state index in [0.29, 0.717) is 18.9 Å². The third kappa shape index (κ3) is 4.87. The van der Waals surface area contributed by atoms with Crippen molar-refractivity contribution in [2.75, 3.05) is 30.3 Å². The number of nitrogens with zero attached hydrogens (tertiary/aromatic N) is 2. The molecule has 0 spiro atoms. The number of carbonyl (C=O) groups is 1. The Balaban J connectivity index is 2.52. The summed E-state index contributed by atoms with van der Waals surface area (Å²) in [5.74, 6) is 1.45. The number of carbonyl (C=O) groups excluding carboxylic acids is 1. The van der Waals surface area contributed by atoms with Crippen molar-refractivity contribution in [1.82, 2.24) is 15.3 Å². The lowest BCUT2D eigenvalue weighted by molar-refractivity contribution is -0.118. The van der Waals surface area contributed by atoms with E-state index in [1.54, 1.807) is 0 Å². The van der Waals surface area contributed by atoms with Crippen LogP contribution in [0.1, 0.15) is 20.3 Å². The van der Waals surface area contributed by atoms with Crippen molar-refractivity contribution in [2.45, 2.75) is 20.3 Å². The maximum atomic E-state index is 10.7. The fraction of sp³-hybridized carbons (Fsp3) is 0.545. The van der Waals surface area contributed by atoms with E-state index in [4.69, 9.17) is 0 Å². The fourth-order valence-corrected chi connectivity index (χ4v) is 1.76. The van der Waals surface area contributed by atoms with E-state index >= 15 is 0 Å². The van der Waals surface area contributed by atoms with Gasteiger partial charge < -0.3 is 16.0 Å². The summed E-state index contributed by atoms with van der Waals surface area (Å²) in [6.45, 7) is 5.62. The lowest BCUT2D eigenvalue weighted by atomic mass is 10.4. The highest BCUT2D eigenvalue weighted by Crippen LogP contribution is 2.26. The van der Waals surface area contributed by atoms with Crippen molar-refractivity contribution in [3.05, 3.63) is 10.8 Å². The Kier molecular flexibility index (Phi) is 6.42. The molecule has 0 saturated heterocycles. The Labute approximate surface area is 115 Å². The van der Waals surface area contributed by atoms with Crippen LogP contribution < -0.4 is 16.0 Å². The van der Waals surface area contributed by atoms with Crippen molar-refractivity contribution in [3.8, 4) is 0 Å². The van der Waals surface area contributed by atoms with E-state index in [2.05, 4.69) is 48.8 Å². The van der Waals surface area contributed by atoms with Gasteiger partial charge in [0.25, 0.3) is 0 Å². The van der Waals surface area contributed by atoms with Gasteiger partial charge in [-0.2, -0.15) is 0 Å². The van der Waals surface area contributed by atoms with Crippen LogP contribution in [0.5, 0.6) is 0 Å². The summed E-state index contributed by atoms with van der Waals surface area (Å²) in [6, 6.07) is 0. The summed E-state index contributed by atoms with van der Waals surface area (Å²) < 4.78 is 0.807. The van der Waals surface area contributed by atoms with Gasteiger partial charge >= 0.3 is 0 Å². The Morgan fingerprint density at radius 3 is 2.39 bits per heavy atom. The van der Waals surface area contributed by atoms with Gasteiger partial charge in [-0.25, -0.2) is 9.97 Å². The monoisotopic (exact) mass is 315 g/mol. The molecular formula is C11H18BrN5O. The van der Waals surface area contributed by atoms with Gasteiger partial charge in [-0.3, -0.25) is 4.79 Å². The van der Waals surface area contributed by atoms with Crippen LogP contribution in [0.2, 0.25) is 0 Å². The molecular weight excluding hydrogens is 298 g/mol. The lowest BCUT2D eigenvalue weighted by Crippen LogP contribution is -2.26. The summed E-state index contributed by atoms with van der Waals surface area (Å²) >= 11 is 3.46. The summed E-state index contributed by atoms with van der Waals surface area (Å²) in [5.41, 5.74) is 0. The molecule has 1 amide bonds. The topological polar surface area (TPSA) is 78.9 Å². The largest absolute Gasteiger partial charge is 0.369 e. The Hall–Kier alpha value is -1.37. The van der Waals surface area contributed by atoms with Gasteiger partial charge in [-0.15, -0.1) is 0 Å². The van der Waals surface area contributed by atoms with Crippen LogP contribution in [0, 0.1) is 0 Å². The minimum atomic E-state index is -0.0381. The second-order valence-corrected chi connectivity index (χ2v) is 4.51. The number of aromatic nitrogens is 2. The molecule has 0 radical (unpaired) electrons. The SMILES string of the molecule is CCCNc1ncnc(NCCNC(C)=O)c1Br. The summed E-state index contributed by atoms with van der Waals surface area (Å²) in [4.78, 5) is 19.0. The molecule has 0 fully saturated rings. The van der Waals surface area contributed by atoms with Crippen molar-refractivity contribution < 1.29 is 4.79 Å². The molecule has 1 aromatic rings. The van der Waals surface area contributed by atoms with Gasteiger partial charge in [0.1, 0.15) is 22.4 Å². The highest BCUT2D eigenvalue weighted by molar-refractivity contribution is 9.10. The average molecular weight is 316 g/mol. The Morgan fingerprint density at radius 2 is 1.83 bits per heavy atom. The first kappa shape index (κ1) is 14.7. The standard InChI is InChI=1S/C11H18BrN5O/c1-3-4-14-10-9(12)11(17-7-16-10)15-6-5-13-8(2)18/h7H,3-6H2,1-2H3,(H,13,18)(H2,14,15,16,17). The first-order valence-corrected chi connectivity index (χ1v) is 6.67. The van der Waals surface area contributed by atoms with Crippen LogP contribution in [-0.4, -0.2) is 35.5 Å². The predicted octanol–water partition coefficient (Wildman–Crippen LogP) is 1.61. The smallest absolute Gasteiger partial charge is 0.216 e. The Morgan fingerprint density at radius 1 is 1.22 bits per heavy atom. The highest BCUT2D eigenvalue weighted by Gasteiger charge is 2.07. The van der Waals surface area contributed by atoms with E-state index in [-0.39, 0.29) is 5.91 Å². The molecule has 0 atom stereocenters. The Bertz CT molecular complexity index is 399. The number of amides is 1. The number of halogens is 1. The molecule has 0 aliphatic carbocycles. The molecule has 0 aliphatic heterocycles. The second kappa shape index (κ2) is 7.86. The van der Waals surface area contributed by atoms with Gasteiger partial charge in [-0.05, 0) is 22.4 Å². The number of nitrogens with one attached hydrogen (secondary N) is 3. The molecule has 0 saturated carbocycles. The van der Waals surface area contributed by atoms with Crippen LogP contribution >= 0.6 is 15.9 Å². The third-order valence-electron chi connectivity index (χ3n) is 2.12. The fourth-order valence-electron chi connectivity index (χ4n) is 1.28. The van der Waals surface area contributed by atoms with Crippen LogP contribution in [-0.2, 0) is 4.79 Å². The summed E-state index contributed by atoms with van der Waals surface area (Å²) in [6.07, 6.45) is 2.53. The molecule has 6 nitrogen and oxygen atoms in total. The minimum absolute atomic E-state index is 0.0381. The molecule has 100 valence electrons. The maximum absolute atomic E-state index is 10.7. The molecule has 0 aliphatic rings. The van der Waals surface area contributed by atoms with Crippen molar-refractivity contribution >= 4 is 33.5 Å². The van der Waals surface area contributed by atoms with Crippen molar-refractivity contribution in [1.29, 1.82) is 0 Å². The van der Waals surface area contributed by atoms with E-state index in [0.717, 1.165) is 23.3 Å². The zero-order chi connectivity index (χ0) is 13.4. The van der Waals surface area contributed by atoms with Gasteiger partial charge in [0, 0.05) is 26.6 Å². The van der Waals surface area contributed by atoms with Gasteiger partial charge in [0.2, 0.25) is 5.91 Å². The number of hydrogen-bond acceptors (Lipinski definition) is 5. The van der Waals surface area contributed by atoms with Gasteiger partial charge in [-0.1, -0.05) is 6.92 Å². The molecule has 7 heteroatoms. The summed E-state index contributed by atoms with van der Waals surface area (Å²) in [7, 11) is 0. The van der Waals surface area contributed by atoms with Gasteiger partial charge in [0.15, 0.2) is 0 Å². The quantitative estimate of drug-likeness (QED) is 0.666. The number of hydrogen-bond donors (Lipinski definition) is 3. The molecule has 3 N–H and O–H groups in total. The van der Waals surface area contributed by atoms with Crippen LogP contribution in [0.4, 0.5) is 11.6 Å². The van der Waals surface area contributed by atoms with Crippen LogP contribution in [0.25, 0.3) is 0 Å². The first-order valence-electron chi connectivity index (χ1n) is 5.87. The molecule has 1 heterocycles. The molecule has 1 aromatic heterocycles. The normalized spacial score (nSPS) is 9.94. The zero-order valence-corrected chi connectivity index (χ0v) is 12.2. The van der Waals surface area contributed by atoms with E-state index in [9.17, 15) is 4.79 Å². The molecule has 1 rings (SSSR count). The summed E-state index contributed by atoms with van der Waals surface area (Å²) in [5, 5.41) is 9.04. The minimum Gasteiger partial charge on any atom is -0.369 e. The van der Waals surface area contributed by atoms with Gasteiger partial charge in [0.05, 0.1) is 0 Å². The number of rotatable bonds is 7. The van der Waals surface area contributed by atoms with E-state index in [1.165, 1.54) is 13.3 Å². The molecule has 18 heavy (non-hydrogen) atoms. The highest BCUT2D eigenvalue weighted by atomic mass is 79.9. The number of anilines is 2. The average Bonchev–Trinajstić information content (AvgIpc) is 2.34. The third-order valence-corrected chi connectivity index (χ3v) is 2.87. The van der Waals surface area contributed by atoms with Crippen molar-refractivity contribution in [3.63, 3.8) is 0 Å². The molecule has 0 aromatic carbocycles. The van der Waals surface area contributed by atoms with E-state index in [1.807, 2.05) is 0 Å². The maximum Gasteiger partial charge on any atom is 0.216 e. The lowest BCUT2D eigenvalue weighted by Gasteiger charge is -2.11. The van der Waals surface area contributed by atoms with Crippen molar-refractivity contribution in [2.24, 2.45) is 0 Å². The van der Waals surface area contributed by atoms with Crippen LogP contribution in [0.15, 0.2) is 10.8 Å². The first-order chi connectivity index (χ1) is 8.65.